The Hall–Kier alpha value is -2.29. The van der Waals surface area contributed by atoms with Gasteiger partial charge in [0.05, 0.1) is 11.0 Å². The summed E-state index contributed by atoms with van der Waals surface area (Å²) in [5.41, 5.74) is 10.4. The molecule has 0 aliphatic rings. The first-order valence-electron chi connectivity index (χ1n) is 6.50. The van der Waals surface area contributed by atoms with Gasteiger partial charge in [0, 0.05) is 5.69 Å². The Morgan fingerprint density at radius 1 is 1.05 bits per heavy atom. The number of benzene rings is 2. The van der Waals surface area contributed by atoms with Crippen LogP contribution in [-0.2, 0) is 0 Å². The van der Waals surface area contributed by atoms with Gasteiger partial charge in [0.15, 0.2) is 0 Å². The predicted molar refractivity (Wildman–Crippen MR) is 79.6 cm³/mol. The molecule has 0 saturated heterocycles. The van der Waals surface area contributed by atoms with Crippen LogP contribution in [-0.4, -0.2) is 9.55 Å². The molecule has 96 valence electrons. The molecule has 0 bridgehead atoms. The number of rotatable bonds is 2. The van der Waals surface area contributed by atoms with Crippen LogP contribution in [0.3, 0.4) is 0 Å². The van der Waals surface area contributed by atoms with Crippen LogP contribution in [0.2, 0.25) is 0 Å². The Morgan fingerprint density at radius 2 is 1.84 bits per heavy atom. The molecule has 0 aliphatic heterocycles. The molecule has 0 spiro atoms. The molecule has 3 nitrogen and oxygen atoms in total. The van der Waals surface area contributed by atoms with E-state index in [0.717, 1.165) is 16.7 Å². The van der Waals surface area contributed by atoms with Gasteiger partial charge in [-0.05, 0) is 35.7 Å². The van der Waals surface area contributed by atoms with Gasteiger partial charge < -0.3 is 5.73 Å². The summed E-state index contributed by atoms with van der Waals surface area (Å²) < 4.78 is 2.00. The molecule has 0 saturated carbocycles. The lowest BCUT2D eigenvalue weighted by atomic mass is 10.0. The molecule has 2 aromatic carbocycles. The number of nitrogens with two attached hydrogens (primary N) is 1. The van der Waals surface area contributed by atoms with E-state index >= 15 is 0 Å². The minimum Gasteiger partial charge on any atom is -0.369 e. The van der Waals surface area contributed by atoms with Gasteiger partial charge in [-0.15, -0.1) is 0 Å². The smallest absolute Gasteiger partial charge is 0.205 e. The highest BCUT2D eigenvalue weighted by molar-refractivity contribution is 5.80. The maximum Gasteiger partial charge on any atom is 0.205 e. The fourth-order valence-electron chi connectivity index (χ4n) is 2.34. The molecule has 0 aliphatic carbocycles. The molecule has 19 heavy (non-hydrogen) atoms. The minimum atomic E-state index is 0.496. The number of aromatic nitrogens is 2. The summed E-state index contributed by atoms with van der Waals surface area (Å²) in [5.74, 6) is 1.03. The van der Waals surface area contributed by atoms with E-state index in [2.05, 4.69) is 43.1 Å². The van der Waals surface area contributed by atoms with Gasteiger partial charge in [0.2, 0.25) is 5.95 Å². The summed E-state index contributed by atoms with van der Waals surface area (Å²) in [7, 11) is 0. The molecule has 3 heteroatoms. The summed E-state index contributed by atoms with van der Waals surface area (Å²) in [6, 6.07) is 16.5. The van der Waals surface area contributed by atoms with Gasteiger partial charge in [-0.2, -0.15) is 0 Å². The van der Waals surface area contributed by atoms with Crippen molar-refractivity contribution in [1.29, 1.82) is 0 Å². The molecule has 0 fully saturated rings. The molecule has 3 aromatic rings. The van der Waals surface area contributed by atoms with Crippen LogP contribution in [0.4, 0.5) is 5.95 Å². The zero-order valence-electron chi connectivity index (χ0n) is 11.2. The van der Waals surface area contributed by atoms with Crippen molar-refractivity contribution in [3.05, 3.63) is 54.1 Å². The summed E-state index contributed by atoms with van der Waals surface area (Å²) in [6.45, 7) is 4.38. The van der Waals surface area contributed by atoms with E-state index in [1.807, 2.05) is 28.8 Å². The zero-order valence-corrected chi connectivity index (χ0v) is 11.2. The standard InChI is InChI=1S/C16H17N3/c1-11(2)12-6-5-7-13(10-12)19-15-9-4-3-8-14(15)18-16(19)17/h3-11H,1-2H3,(H2,17,18). The molecule has 0 unspecified atom stereocenters. The molecule has 0 radical (unpaired) electrons. The van der Waals surface area contributed by atoms with Crippen molar-refractivity contribution >= 4 is 17.0 Å². The number of para-hydroxylation sites is 2. The third kappa shape index (κ3) is 1.97. The molecule has 0 amide bonds. The Balaban J connectivity index is 2.24. The van der Waals surface area contributed by atoms with Crippen molar-refractivity contribution < 1.29 is 0 Å². The van der Waals surface area contributed by atoms with Crippen molar-refractivity contribution in [3.8, 4) is 5.69 Å². The Kier molecular flexibility index (Phi) is 2.75. The van der Waals surface area contributed by atoms with E-state index in [4.69, 9.17) is 5.73 Å². The number of nitrogen functional groups attached to an aromatic ring is 1. The van der Waals surface area contributed by atoms with Crippen molar-refractivity contribution in [1.82, 2.24) is 9.55 Å². The molecular weight excluding hydrogens is 234 g/mol. The highest BCUT2D eigenvalue weighted by Crippen LogP contribution is 2.25. The van der Waals surface area contributed by atoms with E-state index in [1.165, 1.54) is 5.56 Å². The molecular formula is C16H17N3. The largest absolute Gasteiger partial charge is 0.369 e. The van der Waals surface area contributed by atoms with Gasteiger partial charge in [-0.3, -0.25) is 4.57 Å². The lowest BCUT2D eigenvalue weighted by molar-refractivity contribution is 0.864. The lowest BCUT2D eigenvalue weighted by Crippen LogP contribution is -2.01. The van der Waals surface area contributed by atoms with Crippen LogP contribution < -0.4 is 5.73 Å². The van der Waals surface area contributed by atoms with Crippen LogP contribution in [0.25, 0.3) is 16.7 Å². The number of hydrogen-bond donors (Lipinski definition) is 1. The Bertz CT molecular complexity index is 726. The summed E-state index contributed by atoms with van der Waals surface area (Å²) in [4.78, 5) is 4.40. The third-order valence-electron chi connectivity index (χ3n) is 3.38. The summed E-state index contributed by atoms with van der Waals surface area (Å²) >= 11 is 0. The Labute approximate surface area is 112 Å². The van der Waals surface area contributed by atoms with Crippen LogP contribution in [0.1, 0.15) is 25.3 Å². The fourth-order valence-corrected chi connectivity index (χ4v) is 2.34. The monoisotopic (exact) mass is 251 g/mol. The van der Waals surface area contributed by atoms with Crippen LogP contribution in [0.5, 0.6) is 0 Å². The van der Waals surface area contributed by atoms with Gasteiger partial charge in [-0.25, -0.2) is 4.98 Å². The minimum absolute atomic E-state index is 0.496. The van der Waals surface area contributed by atoms with Gasteiger partial charge in [0.1, 0.15) is 0 Å². The average molecular weight is 251 g/mol. The number of nitrogens with zero attached hydrogens (tertiary/aromatic N) is 2. The van der Waals surface area contributed by atoms with Crippen LogP contribution in [0, 0.1) is 0 Å². The van der Waals surface area contributed by atoms with E-state index in [0.29, 0.717) is 11.9 Å². The second-order valence-electron chi connectivity index (χ2n) is 5.04. The van der Waals surface area contributed by atoms with Crippen LogP contribution in [0.15, 0.2) is 48.5 Å². The van der Waals surface area contributed by atoms with Crippen molar-refractivity contribution in [2.75, 3.05) is 5.73 Å². The highest BCUT2D eigenvalue weighted by atomic mass is 15.2. The lowest BCUT2D eigenvalue weighted by Gasteiger charge is -2.10. The second-order valence-corrected chi connectivity index (χ2v) is 5.04. The first-order chi connectivity index (χ1) is 9.16. The highest BCUT2D eigenvalue weighted by Gasteiger charge is 2.10. The number of imidazole rings is 1. The quantitative estimate of drug-likeness (QED) is 0.754. The van der Waals surface area contributed by atoms with E-state index < -0.39 is 0 Å². The van der Waals surface area contributed by atoms with E-state index in [-0.39, 0.29) is 0 Å². The first kappa shape index (κ1) is 11.8. The SMILES string of the molecule is CC(C)c1cccc(-n2c(N)nc3ccccc32)c1. The average Bonchev–Trinajstić information content (AvgIpc) is 2.74. The van der Waals surface area contributed by atoms with Gasteiger partial charge >= 0.3 is 0 Å². The normalized spacial score (nSPS) is 11.3. The van der Waals surface area contributed by atoms with E-state index in [9.17, 15) is 0 Å². The van der Waals surface area contributed by atoms with Gasteiger partial charge in [-0.1, -0.05) is 38.1 Å². The molecule has 1 aromatic heterocycles. The summed E-state index contributed by atoms with van der Waals surface area (Å²) in [6.07, 6.45) is 0. The first-order valence-corrected chi connectivity index (χ1v) is 6.50. The second kappa shape index (κ2) is 4.43. The van der Waals surface area contributed by atoms with Crippen LogP contribution >= 0.6 is 0 Å². The molecule has 0 atom stereocenters. The number of fused-ring (bicyclic) bond motifs is 1. The van der Waals surface area contributed by atoms with Gasteiger partial charge in [0.25, 0.3) is 0 Å². The predicted octanol–water partition coefficient (Wildman–Crippen LogP) is 3.73. The maximum atomic E-state index is 6.06. The van der Waals surface area contributed by atoms with E-state index in [1.54, 1.807) is 0 Å². The Morgan fingerprint density at radius 3 is 2.63 bits per heavy atom. The molecule has 2 N–H and O–H groups in total. The summed E-state index contributed by atoms with van der Waals surface area (Å²) in [5, 5.41) is 0. The fraction of sp³-hybridized carbons (Fsp3) is 0.188. The van der Waals surface area contributed by atoms with Crippen molar-refractivity contribution in [2.45, 2.75) is 19.8 Å². The molecule has 1 heterocycles. The number of hydrogen-bond acceptors (Lipinski definition) is 2. The number of anilines is 1. The third-order valence-corrected chi connectivity index (χ3v) is 3.38. The maximum absolute atomic E-state index is 6.06. The topological polar surface area (TPSA) is 43.8 Å². The zero-order chi connectivity index (χ0) is 13.4. The van der Waals surface area contributed by atoms with Crippen molar-refractivity contribution in [2.24, 2.45) is 0 Å². The van der Waals surface area contributed by atoms with Crippen molar-refractivity contribution in [3.63, 3.8) is 0 Å². The molecule has 3 rings (SSSR count).